The average molecular weight is 365 g/mol. The van der Waals surface area contributed by atoms with Crippen LogP contribution in [0.2, 0.25) is 0 Å². The number of methoxy groups -OCH3 is 1. The van der Waals surface area contributed by atoms with Gasteiger partial charge in [0.25, 0.3) is 11.5 Å². The topological polar surface area (TPSA) is 101 Å². The number of hydrogen-bond acceptors (Lipinski definition) is 5. The van der Waals surface area contributed by atoms with Crippen molar-refractivity contribution in [3.05, 3.63) is 75.7 Å². The van der Waals surface area contributed by atoms with Crippen molar-refractivity contribution in [3.8, 4) is 0 Å². The lowest BCUT2D eigenvalue weighted by Crippen LogP contribution is -2.32. The first-order valence-electron chi connectivity index (χ1n) is 8.41. The number of nitrogens with zero attached hydrogens (tertiary/aromatic N) is 1. The second kappa shape index (κ2) is 7.82. The molecule has 0 aliphatic carbocycles. The maximum absolute atomic E-state index is 12.8. The molecule has 2 aromatic carbocycles. The van der Waals surface area contributed by atoms with Crippen molar-refractivity contribution in [1.82, 2.24) is 15.5 Å². The highest BCUT2D eigenvalue weighted by atomic mass is 16.5. The molecule has 27 heavy (non-hydrogen) atoms. The van der Waals surface area contributed by atoms with E-state index in [-0.39, 0.29) is 17.7 Å². The largest absolute Gasteiger partial charge is 0.469 e. The van der Waals surface area contributed by atoms with Gasteiger partial charge in [0, 0.05) is 5.39 Å². The van der Waals surface area contributed by atoms with E-state index in [1.54, 1.807) is 24.3 Å². The average Bonchev–Trinajstić information content (AvgIpc) is 2.68. The number of esters is 1. The maximum atomic E-state index is 12.8. The third-order valence-electron chi connectivity index (χ3n) is 4.29. The number of ether oxygens (including phenoxy) is 1. The second-order valence-electron chi connectivity index (χ2n) is 6.16. The van der Waals surface area contributed by atoms with Gasteiger partial charge in [-0.05, 0) is 18.6 Å². The summed E-state index contributed by atoms with van der Waals surface area (Å²) >= 11 is 0. The van der Waals surface area contributed by atoms with Crippen molar-refractivity contribution in [2.75, 3.05) is 7.11 Å². The molecule has 7 heteroatoms. The normalized spacial score (nSPS) is 11.8. The molecule has 0 spiro atoms. The molecule has 1 amide bonds. The predicted octanol–water partition coefficient (Wildman–Crippen LogP) is 2.27. The van der Waals surface area contributed by atoms with Crippen molar-refractivity contribution in [3.63, 3.8) is 0 Å². The fraction of sp³-hybridized carbons (Fsp3) is 0.200. The summed E-state index contributed by atoms with van der Waals surface area (Å²) in [5.41, 5.74) is 1.56. The number of nitrogens with one attached hydrogen (secondary N) is 2. The minimum Gasteiger partial charge on any atom is -0.469 e. The Balaban J connectivity index is 1.95. The van der Waals surface area contributed by atoms with Crippen molar-refractivity contribution < 1.29 is 14.3 Å². The number of aromatic amines is 1. The number of aryl methyl sites for hydroxylation is 1. The fourth-order valence-electron chi connectivity index (χ4n) is 2.82. The van der Waals surface area contributed by atoms with E-state index in [0.717, 1.165) is 11.1 Å². The van der Waals surface area contributed by atoms with Gasteiger partial charge in [0.1, 0.15) is 0 Å². The Morgan fingerprint density at radius 2 is 1.78 bits per heavy atom. The van der Waals surface area contributed by atoms with Gasteiger partial charge in [-0.1, -0.05) is 48.0 Å². The SMILES string of the molecule is COC(=O)C[C@@H](NC(=O)c1n[nH]c(=O)c2ccccc12)c1ccc(C)cc1. The van der Waals surface area contributed by atoms with Crippen LogP contribution >= 0.6 is 0 Å². The lowest BCUT2D eigenvalue weighted by atomic mass is 10.0. The number of carbonyl (C=O) groups is 2. The van der Waals surface area contributed by atoms with Crippen molar-refractivity contribution in [1.29, 1.82) is 0 Å². The van der Waals surface area contributed by atoms with Gasteiger partial charge in [-0.15, -0.1) is 0 Å². The molecule has 0 radical (unpaired) electrons. The fourth-order valence-corrected chi connectivity index (χ4v) is 2.82. The summed E-state index contributed by atoms with van der Waals surface area (Å²) < 4.78 is 4.75. The monoisotopic (exact) mass is 365 g/mol. The van der Waals surface area contributed by atoms with Gasteiger partial charge in [-0.25, -0.2) is 5.10 Å². The molecule has 1 aromatic heterocycles. The minimum absolute atomic E-state index is 0.0212. The van der Waals surface area contributed by atoms with Crippen molar-refractivity contribution >= 4 is 22.6 Å². The van der Waals surface area contributed by atoms with E-state index in [9.17, 15) is 14.4 Å². The highest BCUT2D eigenvalue weighted by molar-refractivity contribution is 6.04. The quantitative estimate of drug-likeness (QED) is 0.676. The third-order valence-corrected chi connectivity index (χ3v) is 4.29. The molecule has 2 N–H and O–H groups in total. The van der Waals surface area contributed by atoms with Crippen molar-refractivity contribution in [2.24, 2.45) is 0 Å². The Hall–Kier alpha value is -3.48. The van der Waals surface area contributed by atoms with E-state index >= 15 is 0 Å². The van der Waals surface area contributed by atoms with Crippen LogP contribution in [0.25, 0.3) is 10.8 Å². The van der Waals surface area contributed by atoms with Crippen LogP contribution in [0.1, 0.15) is 34.1 Å². The Morgan fingerprint density at radius 1 is 1.11 bits per heavy atom. The van der Waals surface area contributed by atoms with Gasteiger partial charge >= 0.3 is 5.97 Å². The summed E-state index contributed by atoms with van der Waals surface area (Å²) in [5.74, 6) is -0.933. The van der Waals surface area contributed by atoms with Crippen LogP contribution in [0.15, 0.2) is 53.3 Å². The van der Waals surface area contributed by atoms with E-state index in [0.29, 0.717) is 10.8 Å². The molecule has 0 saturated carbocycles. The van der Waals surface area contributed by atoms with Crippen LogP contribution in [0.4, 0.5) is 0 Å². The summed E-state index contributed by atoms with van der Waals surface area (Å²) in [6.45, 7) is 1.95. The maximum Gasteiger partial charge on any atom is 0.307 e. The minimum atomic E-state index is -0.585. The van der Waals surface area contributed by atoms with E-state index in [2.05, 4.69) is 15.5 Å². The summed E-state index contributed by atoms with van der Waals surface area (Å²) in [5, 5.41) is 9.88. The van der Waals surface area contributed by atoms with E-state index < -0.39 is 17.9 Å². The Bertz CT molecular complexity index is 1040. The number of fused-ring (bicyclic) bond motifs is 1. The standard InChI is InChI=1S/C20H19N3O4/c1-12-7-9-13(10-8-12)16(11-17(24)27-2)21-20(26)18-14-5-3-4-6-15(14)19(25)23-22-18/h3-10,16H,11H2,1-2H3,(H,21,26)(H,23,25)/t16-/m1/s1. The number of aromatic nitrogens is 2. The molecule has 1 heterocycles. The van der Waals surface area contributed by atoms with Crippen molar-refractivity contribution in [2.45, 2.75) is 19.4 Å². The van der Waals surface area contributed by atoms with E-state index in [1.165, 1.54) is 7.11 Å². The number of H-pyrrole nitrogens is 1. The van der Waals surface area contributed by atoms with Crippen LogP contribution in [0.5, 0.6) is 0 Å². The highest BCUT2D eigenvalue weighted by Gasteiger charge is 2.22. The molecule has 138 valence electrons. The molecule has 0 fully saturated rings. The Kier molecular flexibility index (Phi) is 5.30. The highest BCUT2D eigenvalue weighted by Crippen LogP contribution is 2.20. The zero-order valence-electron chi connectivity index (χ0n) is 15.0. The van der Waals surface area contributed by atoms with E-state index in [1.807, 2.05) is 31.2 Å². The Morgan fingerprint density at radius 3 is 2.44 bits per heavy atom. The van der Waals surface area contributed by atoms with Gasteiger partial charge in [-0.2, -0.15) is 5.10 Å². The lowest BCUT2D eigenvalue weighted by Gasteiger charge is -2.18. The van der Waals surface area contributed by atoms with Gasteiger partial charge in [0.2, 0.25) is 0 Å². The lowest BCUT2D eigenvalue weighted by molar-refractivity contribution is -0.141. The molecule has 0 bridgehead atoms. The number of benzene rings is 2. The number of hydrogen-bond donors (Lipinski definition) is 2. The predicted molar refractivity (Wildman–Crippen MR) is 100 cm³/mol. The van der Waals surface area contributed by atoms with Crippen LogP contribution < -0.4 is 10.9 Å². The summed E-state index contributed by atoms with van der Waals surface area (Å²) in [7, 11) is 1.30. The molecule has 3 rings (SSSR count). The molecule has 0 unspecified atom stereocenters. The van der Waals surface area contributed by atoms with Crippen LogP contribution in [0, 0.1) is 6.92 Å². The zero-order valence-corrected chi connectivity index (χ0v) is 15.0. The molecule has 0 aliphatic rings. The van der Waals surface area contributed by atoms with Gasteiger partial charge < -0.3 is 10.1 Å². The van der Waals surface area contributed by atoms with Crippen LogP contribution in [-0.2, 0) is 9.53 Å². The molecular weight excluding hydrogens is 346 g/mol. The summed E-state index contributed by atoms with van der Waals surface area (Å²) in [4.78, 5) is 36.5. The molecule has 1 atom stereocenters. The molecule has 0 aliphatic heterocycles. The molecule has 0 saturated heterocycles. The molecular formula is C20H19N3O4. The van der Waals surface area contributed by atoms with E-state index in [4.69, 9.17) is 4.74 Å². The Labute approximate surface area is 155 Å². The molecule has 7 nitrogen and oxygen atoms in total. The number of carbonyl (C=O) groups excluding carboxylic acids is 2. The summed E-state index contributed by atoms with van der Waals surface area (Å²) in [6.07, 6.45) is -0.0212. The number of amides is 1. The first kappa shape index (κ1) is 18.3. The van der Waals surface area contributed by atoms with Gasteiger partial charge in [-0.3, -0.25) is 14.4 Å². The van der Waals surface area contributed by atoms with Crippen LogP contribution in [0.3, 0.4) is 0 Å². The zero-order chi connectivity index (χ0) is 19.4. The first-order valence-corrected chi connectivity index (χ1v) is 8.41. The first-order chi connectivity index (χ1) is 13.0. The summed E-state index contributed by atoms with van der Waals surface area (Å²) in [6, 6.07) is 13.6. The second-order valence-corrected chi connectivity index (χ2v) is 6.16. The van der Waals surface area contributed by atoms with Gasteiger partial charge in [0.15, 0.2) is 5.69 Å². The van der Waals surface area contributed by atoms with Crippen LogP contribution in [-0.4, -0.2) is 29.2 Å². The van der Waals surface area contributed by atoms with Gasteiger partial charge in [0.05, 0.1) is 25.0 Å². The third kappa shape index (κ3) is 4.03. The number of rotatable bonds is 5. The smallest absolute Gasteiger partial charge is 0.307 e. The molecule has 3 aromatic rings.